The molecule has 2 saturated carbocycles. The van der Waals surface area contributed by atoms with Gasteiger partial charge in [0.1, 0.15) is 0 Å². The molecule has 3 nitrogen and oxygen atoms in total. The second-order valence-corrected chi connectivity index (χ2v) is 10.9. The Hall–Kier alpha value is 1.71. The van der Waals surface area contributed by atoms with Gasteiger partial charge in [0.05, 0.1) is 22.1 Å². The van der Waals surface area contributed by atoms with E-state index < -0.39 is 8.60 Å². The summed E-state index contributed by atoms with van der Waals surface area (Å²) in [6.45, 7) is 0. The molecule has 0 saturated heterocycles. The van der Waals surface area contributed by atoms with Crippen molar-refractivity contribution in [2.75, 3.05) is 0 Å². The first-order chi connectivity index (χ1) is 9.84. The lowest BCUT2D eigenvalue weighted by Gasteiger charge is -2.20. The summed E-state index contributed by atoms with van der Waals surface area (Å²) in [5.41, 5.74) is 0. The van der Waals surface area contributed by atoms with Crippen molar-refractivity contribution in [2.45, 2.75) is 74.7 Å². The molecule has 118 valence electrons. The fourth-order valence-electron chi connectivity index (χ4n) is 2.53. The van der Waals surface area contributed by atoms with Crippen molar-refractivity contribution in [1.29, 1.82) is 0 Å². The Morgan fingerprint density at radius 3 is 1.50 bits per heavy atom. The van der Waals surface area contributed by atoms with Gasteiger partial charge in [0.15, 0.2) is 0 Å². The van der Waals surface area contributed by atoms with Crippen molar-refractivity contribution >= 4 is 52.3 Å². The van der Waals surface area contributed by atoms with Crippen LogP contribution in [0.1, 0.15) is 64.2 Å². The maximum absolute atomic E-state index is 9.66. The van der Waals surface area contributed by atoms with Crippen LogP contribution in [0, 0.1) is 0 Å². The highest BCUT2D eigenvalue weighted by Gasteiger charge is 2.18. The van der Waals surface area contributed by atoms with Crippen LogP contribution < -0.4 is 0 Å². The Balaban J connectivity index is 1.44. The molecule has 20 heavy (non-hydrogen) atoms. The van der Waals surface area contributed by atoms with Gasteiger partial charge in [-0.05, 0) is 25.7 Å². The standard InChI is InChI=1S/C12H23O3PS4/c13-16(14-19-17-11-7-3-1-4-8-11)15-20-18-12-9-5-2-6-10-12/h11-13H,1-10H2. The minimum Gasteiger partial charge on any atom is -0.327 e. The van der Waals surface area contributed by atoms with Gasteiger partial charge in [-0.15, -0.1) is 0 Å². The molecule has 0 bridgehead atoms. The summed E-state index contributed by atoms with van der Waals surface area (Å²) >= 11 is 2.60. The highest BCUT2D eigenvalue weighted by molar-refractivity contribution is 8.76. The predicted octanol–water partition coefficient (Wildman–Crippen LogP) is 6.50. The van der Waals surface area contributed by atoms with E-state index in [1.807, 2.05) is 0 Å². The third-order valence-corrected chi connectivity index (χ3v) is 9.99. The molecule has 0 aromatic rings. The fourth-order valence-corrected chi connectivity index (χ4v) is 8.22. The molecule has 1 N–H and O–H groups in total. The summed E-state index contributed by atoms with van der Waals surface area (Å²) in [5.74, 6) is 0. The highest BCUT2D eigenvalue weighted by atomic mass is 33.1. The van der Waals surface area contributed by atoms with Crippen LogP contribution in [-0.2, 0) is 7.94 Å². The Morgan fingerprint density at radius 1 is 0.700 bits per heavy atom. The molecule has 0 spiro atoms. The first-order valence-electron chi connectivity index (χ1n) is 7.34. The van der Waals surface area contributed by atoms with E-state index in [0.29, 0.717) is 10.5 Å². The topological polar surface area (TPSA) is 38.7 Å². The Bertz CT molecular complexity index is 227. The van der Waals surface area contributed by atoms with Gasteiger partial charge in [-0.2, -0.15) is 0 Å². The monoisotopic (exact) mass is 374 g/mol. The minimum absolute atomic E-state index is 0.682. The van der Waals surface area contributed by atoms with E-state index in [-0.39, 0.29) is 0 Å². The van der Waals surface area contributed by atoms with Gasteiger partial charge in [0.25, 0.3) is 0 Å². The number of hydrogen-bond acceptors (Lipinski definition) is 7. The van der Waals surface area contributed by atoms with Gasteiger partial charge >= 0.3 is 8.60 Å². The molecule has 2 aliphatic rings. The van der Waals surface area contributed by atoms with Crippen molar-refractivity contribution < 1.29 is 12.8 Å². The third-order valence-electron chi connectivity index (χ3n) is 3.64. The Morgan fingerprint density at radius 2 is 1.10 bits per heavy atom. The van der Waals surface area contributed by atoms with Crippen LogP contribution in [0.25, 0.3) is 0 Å². The van der Waals surface area contributed by atoms with Crippen molar-refractivity contribution in [3.05, 3.63) is 0 Å². The van der Waals surface area contributed by atoms with Gasteiger partial charge in [0, 0.05) is 10.5 Å². The summed E-state index contributed by atoms with van der Waals surface area (Å²) in [6.07, 6.45) is 13.2. The SMILES string of the molecule is OP(OSSC1CCCCC1)OSSC1CCCCC1. The van der Waals surface area contributed by atoms with E-state index in [2.05, 4.69) is 0 Å². The van der Waals surface area contributed by atoms with Gasteiger partial charge in [-0.3, -0.25) is 0 Å². The molecule has 0 radical (unpaired) electrons. The summed E-state index contributed by atoms with van der Waals surface area (Å²) in [5, 5.41) is 1.36. The molecule has 0 amide bonds. The van der Waals surface area contributed by atoms with E-state index in [1.165, 1.54) is 86.4 Å². The zero-order valence-corrected chi connectivity index (χ0v) is 15.7. The Labute approximate surface area is 139 Å². The summed E-state index contributed by atoms with van der Waals surface area (Å²) in [7, 11) is 1.73. The maximum atomic E-state index is 9.66. The van der Waals surface area contributed by atoms with E-state index >= 15 is 0 Å². The van der Waals surface area contributed by atoms with E-state index in [1.54, 1.807) is 21.6 Å². The van der Waals surface area contributed by atoms with Crippen molar-refractivity contribution in [2.24, 2.45) is 0 Å². The molecule has 2 aliphatic carbocycles. The molecule has 0 heterocycles. The predicted molar refractivity (Wildman–Crippen MR) is 95.4 cm³/mol. The number of hydrogen-bond donors (Lipinski definition) is 1. The van der Waals surface area contributed by atoms with Crippen LogP contribution >= 0.6 is 52.3 Å². The van der Waals surface area contributed by atoms with Gasteiger partial charge in [0.2, 0.25) is 0 Å². The minimum atomic E-state index is -1.75. The second-order valence-electron chi connectivity index (χ2n) is 5.24. The molecule has 0 aromatic carbocycles. The van der Waals surface area contributed by atoms with Crippen LogP contribution in [0.2, 0.25) is 0 Å². The maximum Gasteiger partial charge on any atom is 0.355 e. The first kappa shape index (κ1) is 18.1. The van der Waals surface area contributed by atoms with Crippen LogP contribution in [-0.4, -0.2) is 15.4 Å². The van der Waals surface area contributed by atoms with E-state index in [0.717, 1.165) is 0 Å². The smallest absolute Gasteiger partial charge is 0.327 e. The van der Waals surface area contributed by atoms with E-state index in [9.17, 15) is 4.89 Å². The molecular formula is C12H23O3PS4. The molecule has 0 aliphatic heterocycles. The summed E-state index contributed by atoms with van der Waals surface area (Å²) < 4.78 is 10.6. The number of rotatable bonds is 8. The van der Waals surface area contributed by atoms with Gasteiger partial charge in [-0.1, -0.05) is 60.1 Å². The molecule has 0 atom stereocenters. The first-order valence-corrected chi connectivity index (χ1v) is 12.7. The molecule has 2 rings (SSSR count). The van der Waals surface area contributed by atoms with Crippen molar-refractivity contribution in [1.82, 2.24) is 0 Å². The fraction of sp³-hybridized carbons (Fsp3) is 1.00. The molecule has 2 fully saturated rings. The molecule has 0 aromatic heterocycles. The van der Waals surface area contributed by atoms with E-state index in [4.69, 9.17) is 7.94 Å². The van der Waals surface area contributed by atoms with Crippen molar-refractivity contribution in [3.8, 4) is 0 Å². The largest absolute Gasteiger partial charge is 0.355 e. The Kier molecular flexibility index (Phi) is 10.2. The molecule has 8 heteroatoms. The van der Waals surface area contributed by atoms with Gasteiger partial charge in [-0.25, -0.2) is 7.94 Å². The highest BCUT2D eigenvalue weighted by Crippen LogP contribution is 2.51. The summed E-state index contributed by atoms with van der Waals surface area (Å²) in [6, 6.07) is 0. The normalized spacial score (nSPS) is 22.5. The zero-order chi connectivity index (χ0) is 14.0. The lowest BCUT2D eigenvalue weighted by molar-refractivity contribution is 0.434. The van der Waals surface area contributed by atoms with Gasteiger partial charge < -0.3 is 4.89 Å². The molecular weight excluding hydrogens is 351 g/mol. The zero-order valence-electron chi connectivity index (χ0n) is 11.6. The lowest BCUT2D eigenvalue weighted by atomic mass is 10.0. The van der Waals surface area contributed by atoms with Crippen molar-refractivity contribution in [3.63, 3.8) is 0 Å². The lowest BCUT2D eigenvalue weighted by Crippen LogP contribution is -2.06. The van der Waals surface area contributed by atoms with Crippen LogP contribution in [0.15, 0.2) is 0 Å². The average Bonchev–Trinajstić information content (AvgIpc) is 2.49. The summed E-state index contributed by atoms with van der Waals surface area (Å²) in [4.78, 5) is 9.66. The van der Waals surface area contributed by atoms with Crippen LogP contribution in [0.3, 0.4) is 0 Å². The second kappa shape index (κ2) is 11.3. The van der Waals surface area contributed by atoms with Crippen LogP contribution in [0.4, 0.5) is 0 Å². The third kappa shape index (κ3) is 7.82. The molecule has 0 unspecified atom stereocenters. The van der Waals surface area contributed by atoms with Crippen LogP contribution in [0.5, 0.6) is 0 Å². The quantitative estimate of drug-likeness (QED) is 0.295. The average molecular weight is 375 g/mol.